The van der Waals surface area contributed by atoms with Gasteiger partial charge in [0.2, 0.25) is 0 Å². The van der Waals surface area contributed by atoms with Gasteiger partial charge in [-0.15, -0.1) is 0 Å². The molecule has 0 aliphatic heterocycles. The third kappa shape index (κ3) is 3.26. The average Bonchev–Trinajstić information content (AvgIpc) is 2.20. The number of phenolic OH excluding ortho intramolecular Hbond substituents is 1. The molecule has 1 aromatic carbocycles. The van der Waals surface area contributed by atoms with Crippen molar-refractivity contribution >= 4 is 23.2 Å². The first-order valence-electron chi connectivity index (χ1n) is 5.26. The number of aliphatic hydroxyl groups is 1. The maximum atomic E-state index is 10.1. The van der Waals surface area contributed by atoms with Gasteiger partial charge in [0, 0.05) is 10.6 Å². The second-order valence-electron chi connectivity index (χ2n) is 5.16. The Morgan fingerprint density at radius 3 is 2.24 bits per heavy atom. The number of halogens is 2. The molecule has 0 unspecified atom stereocenters. The highest BCUT2D eigenvalue weighted by atomic mass is 35.5. The number of rotatable bonds is 2. The molecule has 0 aliphatic rings. The van der Waals surface area contributed by atoms with Crippen molar-refractivity contribution < 1.29 is 10.2 Å². The monoisotopic (exact) mass is 277 g/mol. The second kappa shape index (κ2) is 5.02. The Morgan fingerprint density at radius 2 is 1.76 bits per heavy atom. The van der Waals surface area contributed by atoms with E-state index in [2.05, 4.69) is 0 Å². The summed E-state index contributed by atoms with van der Waals surface area (Å²) in [6.45, 7) is 5.59. The number of hydrogen-bond donors (Lipinski definition) is 3. The molecule has 0 saturated heterocycles. The Morgan fingerprint density at radius 1 is 1.24 bits per heavy atom. The Hall–Kier alpha value is -0.480. The van der Waals surface area contributed by atoms with Crippen LogP contribution in [0.1, 0.15) is 32.4 Å². The molecule has 5 heteroatoms. The van der Waals surface area contributed by atoms with E-state index >= 15 is 0 Å². The molecule has 0 aromatic heterocycles. The highest BCUT2D eigenvalue weighted by Gasteiger charge is 2.31. The number of aliphatic hydroxyl groups excluding tert-OH is 1. The molecule has 1 aromatic rings. The molecule has 17 heavy (non-hydrogen) atoms. The van der Waals surface area contributed by atoms with Gasteiger partial charge in [0.25, 0.3) is 0 Å². The number of benzene rings is 1. The minimum atomic E-state index is -0.817. The zero-order valence-electron chi connectivity index (χ0n) is 10.0. The van der Waals surface area contributed by atoms with Crippen LogP contribution in [0.15, 0.2) is 12.1 Å². The lowest BCUT2D eigenvalue weighted by Gasteiger charge is -2.31. The number of phenols is 1. The van der Waals surface area contributed by atoms with E-state index in [9.17, 15) is 10.2 Å². The SMILES string of the molecule is CC(C)(C)[C@H](O)[C@H](N)c1cc(Cl)cc(Cl)c1O. The van der Waals surface area contributed by atoms with Crippen LogP contribution in [0.2, 0.25) is 10.0 Å². The van der Waals surface area contributed by atoms with Gasteiger partial charge < -0.3 is 15.9 Å². The highest BCUT2D eigenvalue weighted by Crippen LogP contribution is 2.38. The molecule has 3 nitrogen and oxygen atoms in total. The first-order valence-corrected chi connectivity index (χ1v) is 6.01. The zero-order valence-corrected chi connectivity index (χ0v) is 11.5. The van der Waals surface area contributed by atoms with Crippen LogP contribution in [0.25, 0.3) is 0 Å². The van der Waals surface area contributed by atoms with E-state index in [1.54, 1.807) is 0 Å². The van der Waals surface area contributed by atoms with E-state index < -0.39 is 17.6 Å². The van der Waals surface area contributed by atoms with E-state index in [1.165, 1.54) is 12.1 Å². The summed E-state index contributed by atoms with van der Waals surface area (Å²) in [5.74, 6) is -0.133. The van der Waals surface area contributed by atoms with E-state index in [0.717, 1.165) is 0 Å². The fraction of sp³-hybridized carbons (Fsp3) is 0.500. The van der Waals surface area contributed by atoms with Gasteiger partial charge >= 0.3 is 0 Å². The molecule has 2 atom stereocenters. The number of hydrogen-bond acceptors (Lipinski definition) is 3. The van der Waals surface area contributed by atoms with Gasteiger partial charge in [-0.1, -0.05) is 44.0 Å². The maximum Gasteiger partial charge on any atom is 0.139 e. The van der Waals surface area contributed by atoms with Crippen molar-refractivity contribution in [1.82, 2.24) is 0 Å². The van der Waals surface area contributed by atoms with Crippen molar-refractivity contribution in [2.24, 2.45) is 11.1 Å². The molecule has 0 spiro atoms. The van der Waals surface area contributed by atoms with Crippen LogP contribution >= 0.6 is 23.2 Å². The van der Waals surface area contributed by atoms with Crippen molar-refractivity contribution in [3.05, 3.63) is 27.7 Å². The first-order chi connectivity index (χ1) is 7.64. The Balaban J connectivity index is 3.17. The van der Waals surface area contributed by atoms with Crippen LogP contribution in [0.5, 0.6) is 5.75 Å². The van der Waals surface area contributed by atoms with Crippen LogP contribution in [0.3, 0.4) is 0 Å². The largest absolute Gasteiger partial charge is 0.506 e. The molecule has 0 aliphatic carbocycles. The Kier molecular flexibility index (Phi) is 4.31. The van der Waals surface area contributed by atoms with Crippen LogP contribution < -0.4 is 5.73 Å². The standard InChI is InChI=1S/C12H17Cl2NO2/c1-12(2,3)11(17)9(15)7-4-6(13)5-8(14)10(7)16/h4-5,9,11,16-17H,15H2,1-3H3/t9-,11-/m1/s1. The predicted octanol–water partition coefficient (Wildman–Crippen LogP) is 3.11. The van der Waals surface area contributed by atoms with Crippen molar-refractivity contribution in [1.29, 1.82) is 0 Å². The van der Waals surface area contributed by atoms with Gasteiger partial charge in [-0.05, 0) is 17.5 Å². The summed E-state index contributed by atoms with van der Waals surface area (Å²) >= 11 is 11.7. The van der Waals surface area contributed by atoms with Crippen LogP contribution in [-0.4, -0.2) is 16.3 Å². The minimum Gasteiger partial charge on any atom is -0.506 e. The molecule has 0 fully saturated rings. The van der Waals surface area contributed by atoms with E-state index in [0.29, 0.717) is 10.6 Å². The zero-order chi connectivity index (χ0) is 13.4. The molecule has 0 saturated carbocycles. The summed E-state index contributed by atoms with van der Waals surface area (Å²) in [5.41, 5.74) is 5.89. The molecule has 0 bridgehead atoms. The van der Waals surface area contributed by atoms with Crippen molar-refractivity contribution in [3.63, 3.8) is 0 Å². The third-order valence-corrected chi connectivity index (χ3v) is 3.15. The quantitative estimate of drug-likeness (QED) is 0.778. The summed E-state index contributed by atoms with van der Waals surface area (Å²) in [6, 6.07) is 2.20. The van der Waals surface area contributed by atoms with E-state index in [4.69, 9.17) is 28.9 Å². The summed E-state index contributed by atoms with van der Waals surface area (Å²) in [5, 5.41) is 20.4. The van der Waals surface area contributed by atoms with Crippen LogP contribution in [0.4, 0.5) is 0 Å². The Labute approximate surface area is 111 Å². The van der Waals surface area contributed by atoms with Gasteiger partial charge in [0.05, 0.1) is 17.2 Å². The number of aromatic hydroxyl groups is 1. The van der Waals surface area contributed by atoms with Crippen LogP contribution in [-0.2, 0) is 0 Å². The average molecular weight is 278 g/mol. The summed E-state index contributed by atoms with van der Waals surface area (Å²) in [7, 11) is 0. The first kappa shape index (κ1) is 14.6. The molecule has 1 rings (SSSR count). The second-order valence-corrected chi connectivity index (χ2v) is 6.01. The van der Waals surface area contributed by atoms with Gasteiger partial charge in [0.15, 0.2) is 0 Å². The van der Waals surface area contributed by atoms with Gasteiger partial charge in [-0.25, -0.2) is 0 Å². The smallest absolute Gasteiger partial charge is 0.139 e. The topological polar surface area (TPSA) is 66.5 Å². The maximum absolute atomic E-state index is 10.1. The lowest BCUT2D eigenvalue weighted by Crippen LogP contribution is -2.37. The van der Waals surface area contributed by atoms with E-state index in [-0.39, 0.29) is 10.8 Å². The van der Waals surface area contributed by atoms with Gasteiger partial charge in [0.1, 0.15) is 5.75 Å². The molecule has 96 valence electrons. The molecule has 0 heterocycles. The van der Waals surface area contributed by atoms with Crippen molar-refractivity contribution in [2.75, 3.05) is 0 Å². The van der Waals surface area contributed by atoms with Gasteiger partial charge in [-0.2, -0.15) is 0 Å². The Bertz CT molecular complexity index is 416. The van der Waals surface area contributed by atoms with Crippen LogP contribution in [0, 0.1) is 5.41 Å². The summed E-state index contributed by atoms with van der Waals surface area (Å²) < 4.78 is 0. The molecular weight excluding hydrogens is 261 g/mol. The molecule has 4 N–H and O–H groups in total. The molecule has 0 amide bonds. The minimum absolute atomic E-state index is 0.129. The highest BCUT2D eigenvalue weighted by molar-refractivity contribution is 6.35. The lowest BCUT2D eigenvalue weighted by atomic mass is 9.82. The fourth-order valence-electron chi connectivity index (χ4n) is 1.55. The molecular formula is C12H17Cl2NO2. The number of nitrogens with two attached hydrogens (primary N) is 1. The normalized spacial score (nSPS) is 15.7. The van der Waals surface area contributed by atoms with E-state index in [1.807, 2.05) is 20.8 Å². The van der Waals surface area contributed by atoms with Gasteiger partial charge in [-0.3, -0.25) is 0 Å². The third-order valence-electron chi connectivity index (χ3n) is 2.64. The van der Waals surface area contributed by atoms with Crippen molar-refractivity contribution in [2.45, 2.75) is 32.9 Å². The molecule has 0 radical (unpaired) electrons. The summed E-state index contributed by atoms with van der Waals surface area (Å²) in [4.78, 5) is 0. The lowest BCUT2D eigenvalue weighted by molar-refractivity contribution is 0.0395. The fourth-order valence-corrected chi connectivity index (χ4v) is 2.06. The predicted molar refractivity (Wildman–Crippen MR) is 70.5 cm³/mol. The van der Waals surface area contributed by atoms with Crippen molar-refractivity contribution in [3.8, 4) is 5.75 Å². The summed E-state index contributed by atoms with van der Waals surface area (Å²) in [6.07, 6.45) is -0.817.